The van der Waals surface area contributed by atoms with E-state index in [0.29, 0.717) is 0 Å². The van der Waals surface area contributed by atoms with Crippen molar-refractivity contribution in [2.24, 2.45) is 0 Å². The van der Waals surface area contributed by atoms with Crippen LogP contribution in [-0.4, -0.2) is 0 Å². The Balaban J connectivity index is 2.80. The Morgan fingerprint density at radius 1 is 2.00 bits per heavy atom. The maximum atomic E-state index is 9.58. The van der Waals surface area contributed by atoms with Gasteiger partial charge in [-0.1, -0.05) is 0 Å². The fourth-order valence-electron chi connectivity index (χ4n) is 0. The van der Waals surface area contributed by atoms with Crippen molar-refractivity contribution in [3.8, 4) is 0 Å². The van der Waals surface area contributed by atoms with Crippen molar-refractivity contribution < 1.29 is 33.9 Å². The molecule has 0 rings (SSSR count). The average molecular weight is 196 g/mol. The van der Waals surface area contributed by atoms with Crippen LogP contribution < -0.4 is 0 Å². The van der Waals surface area contributed by atoms with Crippen LogP contribution in [0.2, 0.25) is 0 Å². The second-order valence-electron chi connectivity index (χ2n) is 0.292. The Morgan fingerprint density at radius 2 is 2.00 bits per heavy atom. The molecule has 0 aromatic rings. The Bertz CT molecular complexity index is 31.0. The van der Waals surface area contributed by atoms with E-state index in [9.17, 15) is 2.81 Å². The molecule has 0 aromatic heterocycles. The van der Waals surface area contributed by atoms with Crippen molar-refractivity contribution in [3.63, 3.8) is 0 Å². The molecule has 1 unspecified atom stereocenters. The summed E-state index contributed by atoms with van der Waals surface area (Å²) in [7, 11) is 0. The monoisotopic (exact) mass is 195 g/mol. The van der Waals surface area contributed by atoms with Gasteiger partial charge in [-0.05, 0) is 0 Å². The van der Waals surface area contributed by atoms with Crippen LogP contribution in [0.4, 0.5) is 0 Å². The quantitative estimate of drug-likeness (QED) is 0.399. The van der Waals surface area contributed by atoms with Gasteiger partial charge < -0.3 is 0 Å². The molecule has 0 N–H and O–H groups in total. The molecule has 0 spiro atoms. The van der Waals surface area contributed by atoms with Gasteiger partial charge in [0.1, 0.15) is 0 Å². The first-order valence-corrected chi connectivity index (χ1v) is 10.6. The third-order valence-electron chi connectivity index (χ3n) is 0. The molecule has 0 fully saturated rings. The standard InChI is InChI=1S/Fe.O.H2P.Zr/h;;1H2;/q;;-1;+1. The van der Waals surface area contributed by atoms with Crippen LogP contribution in [-0.2, 0) is 33.9 Å². The molecule has 0 amide bonds. The summed E-state index contributed by atoms with van der Waals surface area (Å²) in [6.07, 6.45) is 0. The molecule has 0 saturated carbocycles. The molecule has 25 valence electrons. The number of hydrogen-bond acceptors (Lipinski definition) is 1. The molecule has 0 saturated heterocycles. The summed E-state index contributed by atoms with van der Waals surface area (Å²) in [4.78, 5) is 0. The van der Waals surface area contributed by atoms with Gasteiger partial charge in [0.15, 0.2) is 0 Å². The van der Waals surface area contributed by atoms with E-state index in [1.807, 2.05) is 0 Å². The summed E-state index contributed by atoms with van der Waals surface area (Å²) >= 11 is 1.12. The van der Waals surface area contributed by atoms with Gasteiger partial charge in [0.25, 0.3) is 0 Å². The van der Waals surface area contributed by atoms with E-state index in [2.05, 4.69) is 18.8 Å². The van der Waals surface area contributed by atoms with E-state index in [1.54, 1.807) is 0 Å². The van der Waals surface area contributed by atoms with Gasteiger partial charge in [-0.3, -0.25) is 0 Å². The Hall–Kier alpha value is 1.63. The molecule has 0 radical (unpaired) electrons. The Labute approximate surface area is 40.2 Å². The van der Waals surface area contributed by atoms with Crippen LogP contribution in [0.15, 0.2) is 0 Å². The first kappa shape index (κ1) is 5.63. The normalized spacial score (nSPS) is 6.50. The van der Waals surface area contributed by atoms with Gasteiger partial charge >= 0.3 is 40.4 Å². The van der Waals surface area contributed by atoms with Crippen molar-refractivity contribution in [1.29, 1.82) is 0 Å². The predicted molar refractivity (Wildman–Crippen MR) is 10.4 cm³/mol. The van der Waals surface area contributed by atoms with Crippen molar-refractivity contribution in [1.82, 2.24) is 0 Å². The summed E-state index contributed by atoms with van der Waals surface area (Å²) in [6, 6.07) is 0. The van der Waals surface area contributed by atoms with E-state index in [-0.39, 0.29) is 0 Å². The Morgan fingerprint density at radius 3 is 2.00 bits per heavy atom. The number of hydrogen-bond donors (Lipinski definition) is 0. The van der Waals surface area contributed by atoms with E-state index in [0.717, 1.165) is 0 Å². The topological polar surface area (TPSA) is 17.1 Å². The summed E-state index contributed by atoms with van der Waals surface area (Å²) in [5.41, 5.74) is 0. The van der Waals surface area contributed by atoms with Gasteiger partial charge in [-0.15, -0.1) is 0 Å². The van der Waals surface area contributed by atoms with Crippen LogP contribution in [0.3, 0.4) is 0 Å². The van der Waals surface area contributed by atoms with Crippen molar-refractivity contribution >= 4 is 6.53 Å². The molecular weight excluding hydrogens is 194 g/mol. The van der Waals surface area contributed by atoms with Gasteiger partial charge in [-0.25, -0.2) is 0 Å². The van der Waals surface area contributed by atoms with Crippen LogP contribution in [0, 0.1) is 0 Å². The molecule has 0 heterocycles. The van der Waals surface area contributed by atoms with E-state index in [4.69, 9.17) is 0 Å². The van der Waals surface area contributed by atoms with Crippen molar-refractivity contribution in [2.45, 2.75) is 0 Å². The molecule has 0 bridgehead atoms. The van der Waals surface area contributed by atoms with Crippen LogP contribution in [0.25, 0.3) is 0 Å². The summed E-state index contributed by atoms with van der Waals surface area (Å²) < 4.78 is 9.58. The van der Waals surface area contributed by atoms with Gasteiger partial charge in [0.05, 0.1) is 0 Å². The molecule has 1 atom stereocenters. The minimum absolute atomic E-state index is 2.13. The molecule has 0 aliphatic heterocycles. The minimum atomic E-state index is -2.13. The predicted octanol–water partition coefficient (Wildman–Crippen LogP) is 0.202. The molecular formula is H2FeOPZr. The Kier molecular flexibility index (Phi) is 4.01. The van der Waals surface area contributed by atoms with E-state index >= 15 is 0 Å². The molecule has 4 heteroatoms. The molecule has 1 nitrogen and oxygen atoms in total. The fourth-order valence-corrected chi connectivity index (χ4v) is 0. The summed E-state index contributed by atoms with van der Waals surface area (Å²) in [6.45, 7) is 2.19. The zero-order valence-corrected chi connectivity index (χ0v) is 6.56. The van der Waals surface area contributed by atoms with E-state index < -0.39 is 18.8 Å². The van der Waals surface area contributed by atoms with Gasteiger partial charge in [0.2, 0.25) is 0 Å². The zero-order valence-electron chi connectivity index (χ0n) is 1.84. The number of rotatable bonds is 0. The van der Waals surface area contributed by atoms with Crippen molar-refractivity contribution in [2.75, 3.05) is 0 Å². The first-order chi connectivity index (χ1) is 1.73. The maximum absolute atomic E-state index is 9.58. The van der Waals surface area contributed by atoms with Crippen LogP contribution in [0.1, 0.15) is 0 Å². The molecule has 4 heavy (non-hydrogen) atoms. The fraction of sp³-hybridized carbons (Fsp3) is 0. The van der Waals surface area contributed by atoms with Gasteiger partial charge in [0, 0.05) is 0 Å². The van der Waals surface area contributed by atoms with Gasteiger partial charge in [-0.2, -0.15) is 0 Å². The van der Waals surface area contributed by atoms with Crippen LogP contribution in [0.5, 0.6) is 0 Å². The molecule has 0 aliphatic rings. The SMILES string of the molecule is [O]=[Zr]([PH2])[Fe]. The first-order valence-electron chi connectivity index (χ1n) is 0.670. The second-order valence-corrected chi connectivity index (χ2v) is 11.3. The summed E-state index contributed by atoms with van der Waals surface area (Å²) in [5, 5.41) is 0. The summed E-state index contributed by atoms with van der Waals surface area (Å²) in [5.74, 6) is 0. The van der Waals surface area contributed by atoms with E-state index in [1.165, 1.54) is 0 Å². The average Bonchev–Trinajstić information content (AvgIpc) is 0.811. The molecule has 0 aromatic carbocycles. The zero-order chi connectivity index (χ0) is 3.58. The molecule has 0 aliphatic carbocycles. The third-order valence-corrected chi connectivity index (χ3v) is 0. The van der Waals surface area contributed by atoms with Crippen LogP contribution >= 0.6 is 6.53 Å². The second kappa shape index (κ2) is 2.85. The van der Waals surface area contributed by atoms with Crippen molar-refractivity contribution in [3.05, 3.63) is 0 Å². The third kappa shape index (κ3) is 9.45.